The molecule has 0 atom stereocenters. The Morgan fingerprint density at radius 1 is 1.00 bits per heavy atom. The number of amides is 1. The summed E-state index contributed by atoms with van der Waals surface area (Å²) in [5.41, 5.74) is 0.897. The van der Waals surface area contributed by atoms with Crippen molar-refractivity contribution in [1.82, 2.24) is 10.2 Å². The van der Waals surface area contributed by atoms with Crippen LogP contribution < -0.4 is 5.32 Å². The van der Waals surface area contributed by atoms with Gasteiger partial charge < -0.3 is 4.42 Å². The van der Waals surface area contributed by atoms with Crippen LogP contribution >= 0.6 is 34.8 Å². The number of rotatable bonds is 3. The van der Waals surface area contributed by atoms with Gasteiger partial charge in [-0.3, -0.25) is 10.1 Å². The maximum absolute atomic E-state index is 12.2. The number of carbonyl (C=O) groups is 1. The first-order chi connectivity index (χ1) is 11.0. The first-order valence-corrected chi connectivity index (χ1v) is 7.52. The van der Waals surface area contributed by atoms with Gasteiger partial charge in [-0.05, 0) is 36.4 Å². The van der Waals surface area contributed by atoms with Gasteiger partial charge in [-0.15, -0.1) is 5.10 Å². The minimum atomic E-state index is -0.479. The van der Waals surface area contributed by atoms with Gasteiger partial charge in [0.05, 0.1) is 10.6 Å². The standard InChI is InChI=1S/C15H8Cl3N3O2/c16-9-3-1-2-8(6-9)14-20-21-15(23-14)19-13(22)11-5-4-10(17)7-12(11)18/h1-7H,(H,19,21,22). The molecule has 0 saturated heterocycles. The SMILES string of the molecule is O=C(Nc1nnc(-c2cccc(Cl)c2)o1)c1ccc(Cl)cc1Cl. The maximum Gasteiger partial charge on any atom is 0.322 e. The first-order valence-electron chi connectivity index (χ1n) is 6.39. The van der Waals surface area contributed by atoms with E-state index in [-0.39, 0.29) is 22.5 Å². The van der Waals surface area contributed by atoms with E-state index in [1.165, 1.54) is 12.1 Å². The highest BCUT2D eigenvalue weighted by molar-refractivity contribution is 6.37. The van der Waals surface area contributed by atoms with E-state index in [2.05, 4.69) is 15.5 Å². The molecule has 0 spiro atoms. The number of benzene rings is 2. The van der Waals surface area contributed by atoms with Crippen LogP contribution in [0.3, 0.4) is 0 Å². The molecule has 5 nitrogen and oxygen atoms in total. The Labute approximate surface area is 146 Å². The fraction of sp³-hybridized carbons (Fsp3) is 0. The Kier molecular flexibility index (Phi) is 4.52. The molecule has 0 saturated carbocycles. The highest BCUT2D eigenvalue weighted by Crippen LogP contribution is 2.24. The minimum Gasteiger partial charge on any atom is -0.403 e. The van der Waals surface area contributed by atoms with E-state index < -0.39 is 5.91 Å². The van der Waals surface area contributed by atoms with Gasteiger partial charge in [-0.25, -0.2) is 0 Å². The van der Waals surface area contributed by atoms with Crippen LogP contribution in [0.2, 0.25) is 15.1 Å². The zero-order valence-corrected chi connectivity index (χ0v) is 13.7. The number of carbonyl (C=O) groups excluding carboxylic acids is 1. The van der Waals surface area contributed by atoms with Gasteiger partial charge in [-0.2, -0.15) is 0 Å². The van der Waals surface area contributed by atoms with E-state index in [4.69, 9.17) is 39.2 Å². The third kappa shape index (κ3) is 3.64. The number of nitrogens with one attached hydrogen (secondary N) is 1. The summed E-state index contributed by atoms with van der Waals surface area (Å²) in [6.45, 7) is 0. The van der Waals surface area contributed by atoms with Crippen LogP contribution in [-0.2, 0) is 0 Å². The molecular formula is C15H8Cl3N3O2. The zero-order valence-electron chi connectivity index (χ0n) is 11.4. The molecule has 1 heterocycles. The molecule has 0 fully saturated rings. The van der Waals surface area contributed by atoms with Gasteiger partial charge in [0.15, 0.2) is 0 Å². The van der Waals surface area contributed by atoms with Crippen LogP contribution in [0.1, 0.15) is 10.4 Å². The highest BCUT2D eigenvalue weighted by atomic mass is 35.5. The van der Waals surface area contributed by atoms with Crippen molar-refractivity contribution in [3.63, 3.8) is 0 Å². The predicted molar refractivity (Wildman–Crippen MR) is 89.2 cm³/mol. The third-order valence-electron chi connectivity index (χ3n) is 2.89. The van der Waals surface area contributed by atoms with E-state index in [9.17, 15) is 4.79 Å². The second kappa shape index (κ2) is 6.58. The lowest BCUT2D eigenvalue weighted by Crippen LogP contribution is -2.12. The summed E-state index contributed by atoms with van der Waals surface area (Å²) in [5, 5.41) is 11.3. The molecule has 0 aliphatic heterocycles. The van der Waals surface area contributed by atoms with Crippen molar-refractivity contribution >= 4 is 46.7 Å². The molecule has 1 aromatic heterocycles. The zero-order chi connectivity index (χ0) is 16.4. The summed E-state index contributed by atoms with van der Waals surface area (Å²) >= 11 is 17.7. The van der Waals surface area contributed by atoms with Crippen molar-refractivity contribution in [2.24, 2.45) is 0 Å². The van der Waals surface area contributed by atoms with Gasteiger partial charge in [0.25, 0.3) is 5.91 Å². The highest BCUT2D eigenvalue weighted by Gasteiger charge is 2.15. The number of hydrogen-bond donors (Lipinski definition) is 1. The van der Waals surface area contributed by atoms with Gasteiger partial charge in [-0.1, -0.05) is 46.0 Å². The molecular weight excluding hydrogens is 361 g/mol. The summed E-state index contributed by atoms with van der Waals surface area (Å²) < 4.78 is 5.40. The molecule has 23 heavy (non-hydrogen) atoms. The van der Waals surface area contributed by atoms with Crippen molar-refractivity contribution in [2.45, 2.75) is 0 Å². The van der Waals surface area contributed by atoms with Crippen LogP contribution in [-0.4, -0.2) is 16.1 Å². The van der Waals surface area contributed by atoms with E-state index in [1.807, 2.05) is 0 Å². The Balaban J connectivity index is 1.80. The lowest BCUT2D eigenvalue weighted by Gasteiger charge is -2.03. The Morgan fingerprint density at radius 2 is 1.78 bits per heavy atom. The van der Waals surface area contributed by atoms with Gasteiger partial charge in [0.2, 0.25) is 5.89 Å². The summed E-state index contributed by atoms with van der Waals surface area (Å²) in [4.78, 5) is 12.2. The largest absolute Gasteiger partial charge is 0.403 e. The molecule has 116 valence electrons. The van der Waals surface area contributed by atoms with Crippen LogP contribution in [0.25, 0.3) is 11.5 Å². The number of anilines is 1. The van der Waals surface area contributed by atoms with Gasteiger partial charge in [0, 0.05) is 15.6 Å². The number of aromatic nitrogens is 2. The second-order valence-corrected chi connectivity index (χ2v) is 5.78. The molecule has 0 radical (unpaired) electrons. The molecule has 3 aromatic rings. The van der Waals surface area contributed by atoms with Crippen molar-refractivity contribution in [2.75, 3.05) is 5.32 Å². The number of halogens is 3. The van der Waals surface area contributed by atoms with E-state index in [1.54, 1.807) is 30.3 Å². The molecule has 3 rings (SSSR count). The summed E-state index contributed by atoms with van der Waals surface area (Å²) in [6.07, 6.45) is 0. The van der Waals surface area contributed by atoms with E-state index in [0.29, 0.717) is 15.6 Å². The maximum atomic E-state index is 12.2. The molecule has 1 N–H and O–H groups in total. The van der Waals surface area contributed by atoms with Crippen molar-refractivity contribution < 1.29 is 9.21 Å². The minimum absolute atomic E-state index is 0.0454. The molecule has 0 unspecified atom stereocenters. The first kappa shape index (κ1) is 15.8. The topological polar surface area (TPSA) is 68.0 Å². The van der Waals surface area contributed by atoms with Crippen LogP contribution in [0.15, 0.2) is 46.9 Å². The van der Waals surface area contributed by atoms with E-state index >= 15 is 0 Å². The molecule has 0 bridgehead atoms. The predicted octanol–water partition coefficient (Wildman–Crippen LogP) is 4.95. The Hall–Kier alpha value is -2.08. The lowest BCUT2D eigenvalue weighted by atomic mass is 10.2. The number of hydrogen-bond acceptors (Lipinski definition) is 4. The van der Waals surface area contributed by atoms with Gasteiger partial charge in [0.1, 0.15) is 0 Å². The van der Waals surface area contributed by atoms with Crippen LogP contribution in [0, 0.1) is 0 Å². The van der Waals surface area contributed by atoms with Crippen molar-refractivity contribution in [3.05, 3.63) is 63.1 Å². The molecule has 1 amide bonds. The van der Waals surface area contributed by atoms with Crippen LogP contribution in [0.4, 0.5) is 6.01 Å². The quantitative estimate of drug-likeness (QED) is 0.710. The third-order valence-corrected chi connectivity index (χ3v) is 3.68. The number of nitrogens with zero attached hydrogens (tertiary/aromatic N) is 2. The van der Waals surface area contributed by atoms with Crippen molar-refractivity contribution in [1.29, 1.82) is 0 Å². The Morgan fingerprint density at radius 3 is 2.52 bits per heavy atom. The molecule has 2 aromatic carbocycles. The van der Waals surface area contributed by atoms with Gasteiger partial charge >= 0.3 is 6.01 Å². The van der Waals surface area contributed by atoms with E-state index in [0.717, 1.165) is 0 Å². The Bertz CT molecular complexity index is 880. The monoisotopic (exact) mass is 367 g/mol. The van der Waals surface area contributed by atoms with Crippen LogP contribution in [0.5, 0.6) is 0 Å². The van der Waals surface area contributed by atoms with Crippen molar-refractivity contribution in [3.8, 4) is 11.5 Å². The summed E-state index contributed by atoms with van der Waals surface area (Å²) in [7, 11) is 0. The average Bonchev–Trinajstić information content (AvgIpc) is 2.95. The summed E-state index contributed by atoms with van der Waals surface area (Å²) in [5.74, 6) is -0.238. The second-order valence-electron chi connectivity index (χ2n) is 4.50. The molecule has 8 heteroatoms. The fourth-order valence-corrected chi connectivity index (χ4v) is 2.53. The molecule has 0 aliphatic carbocycles. The average molecular weight is 369 g/mol. The fourth-order valence-electron chi connectivity index (χ4n) is 1.85. The lowest BCUT2D eigenvalue weighted by molar-refractivity contribution is 0.102. The molecule has 0 aliphatic rings. The smallest absolute Gasteiger partial charge is 0.322 e. The summed E-state index contributed by atoms with van der Waals surface area (Å²) in [6, 6.07) is 11.4. The normalized spacial score (nSPS) is 10.6.